The number of rotatable bonds is 3. The Morgan fingerprint density at radius 3 is 2.58 bits per heavy atom. The summed E-state index contributed by atoms with van der Waals surface area (Å²) in [5, 5.41) is 16.6. The Labute approximate surface area is 189 Å². The minimum Gasteiger partial charge on any atom is -0.393 e. The number of benzene rings is 2. The fourth-order valence-electron chi connectivity index (χ4n) is 5.32. The van der Waals surface area contributed by atoms with Gasteiger partial charge in [0.2, 0.25) is 14.9 Å². The van der Waals surface area contributed by atoms with Crippen molar-refractivity contribution in [3.8, 4) is 0 Å². The topological polar surface area (TPSA) is 121 Å². The van der Waals surface area contributed by atoms with Crippen molar-refractivity contribution in [2.24, 2.45) is 5.41 Å². The Hall–Kier alpha value is -3.24. The summed E-state index contributed by atoms with van der Waals surface area (Å²) < 4.78 is 28.2. The van der Waals surface area contributed by atoms with Gasteiger partial charge in [-0.3, -0.25) is 4.79 Å². The van der Waals surface area contributed by atoms with Gasteiger partial charge in [-0.15, -0.1) is 5.10 Å². The number of H-pyrrole nitrogens is 1. The number of aliphatic hydroxyl groups excluding tert-OH is 1. The molecule has 170 valence electrons. The van der Waals surface area contributed by atoms with Crippen molar-refractivity contribution in [3.63, 3.8) is 0 Å². The number of fused-ring (bicyclic) bond motifs is 3. The molecule has 6 rings (SSSR count). The summed E-state index contributed by atoms with van der Waals surface area (Å²) in [4.78, 5) is 19.2. The number of aryl methyl sites for hydroxylation is 2. The van der Waals surface area contributed by atoms with E-state index in [2.05, 4.69) is 20.2 Å². The number of nitrogens with one attached hydrogen (secondary N) is 1. The average molecular weight is 466 g/mol. The van der Waals surface area contributed by atoms with E-state index in [0.29, 0.717) is 16.5 Å². The van der Waals surface area contributed by atoms with Crippen molar-refractivity contribution < 1.29 is 13.5 Å². The zero-order valence-corrected chi connectivity index (χ0v) is 19.1. The SMILES string of the molecule is Cc1ccc(S(=O)(=O)c2n[nH]n3c2nc(=O)c2ccc(N4CC5(CC(O)C5)C4)cc23)c(C)c1. The molecule has 1 aliphatic heterocycles. The van der Waals surface area contributed by atoms with Crippen molar-refractivity contribution in [1.82, 2.24) is 19.8 Å². The van der Waals surface area contributed by atoms with Gasteiger partial charge in [-0.25, -0.2) is 18.1 Å². The molecule has 0 atom stereocenters. The van der Waals surface area contributed by atoms with Crippen LogP contribution < -0.4 is 10.5 Å². The van der Waals surface area contributed by atoms with E-state index in [1.807, 2.05) is 19.1 Å². The molecule has 33 heavy (non-hydrogen) atoms. The highest BCUT2D eigenvalue weighted by molar-refractivity contribution is 7.91. The molecule has 9 nitrogen and oxygen atoms in total. The van der Waals surface area contributed by atoms with E-state index in [1.54, 1.807) is 31.2 Å². The molecule has 2 aromatic heterocycles. The van der Waals surface area contributed by atoms with Gasteiger partial charge in [0, 0.05) is 24.2 Å². The molecule has 2 N–H and O–H groups in total. The lowest BCUT2D eigenvalue weighted by molar-refractivity contribution is -0.0491. The van der Waals surface area contributed by atoms with Gasteiger partial charge < -0.3 is 10.0 Å². The second-order valence-corrected chi connectivity index (χ2v) is 11.3. The maximum Gasteiger partial charge on any atom is 0.281 e. The minimum absolute atomic E-state index is 0.0215. The molecule has 1 saturated carbocycles. The Morgan fingerprint density at radius 1 is 1.12 bits per heavy atom. The summed E-state index contributed by atoms with van der Waals surface area (Å²) in [5.41, 5.74) is 2.68. The maximum absolute atomic E-state index is 13.4. The van der Waals surface area contributed by atoms with Gasteiger partial charge in [0.15, 0.2) is 5.65 Å². The molecule has 2 aliphatic rings. The summed E-state index contributed by atoms with van der Waals surface area (Å²) in [5.74, 6) is 0. The first kappa shape index (κ1) is 20.4. The number of hydrogen-bond donors (Lipinski definition) is 2. The van der Waals surface area contributed by atoms with Gasteiger partial charge in [0.05, 0.1) is 21.9 Å². The molecular weight excluding hydrogens is 442 g/mol. The van der Waals surface area contributed by atoms with Gasteiger partial charge >= 0.3 is 0 Å². The predicted octanol–water partition coefficient (Wildman–Crippen LogP) is 1.98. The number of aromatic amines is 1. The molecule has 0 amide bonds. The number of anilines is 1. The third-order valence-corrected chi connectivity index (χ3v) is 8.76. The summed E-state index contributed by atoms with van der Waals surface area (Å²) >= 11 is 0. The minimum atomic E-state index is -3.99. The molecule has 0 unspecified atom stereocenters. The van der Waals surface area contributed by atoms with Gasteiger partial charge in [0.1, 0.15) is 0 Å². The van der Waals surface area contributed by atoms with Gasteiger partial charge in [-0.05, 0) is 56.5 Å². The highest BCUT2D eigenvalue weighted by Crippen LogP contribution is 2.49. The monoisotopic (exact) mass is 465 g/mol. The van der Waals surface area contributed by atoms with E-state index in [9.17, 15) is 18.3 Å². The number of nitrogens with zero attached hydrogens (tertiary/aromatic N) is 4. The first-order chi connectivity index (χ1) is 15.7. The molecule has 2 aromatic carbocycles. The molecule has 1 saturated heterocycles. The van der Waals surface area contributed by atoms with Crippen molar-refractivity contribution in [3.05, 3.63) is 57.9 Å². The lowest BCUT2D eigenvalue weighted by atomic mass is 9.62. The highest BCUT2D eigenvalue weighted by Gasteiger charge is 2.51. The van der Waals surface area contributed by atoms with Crippen LogP contribution in [-0.4, -0.2) is 52.5 Å². The normalized spacial score (nSPS) is 18.1. The quantitative estimate of drug-likeness (QED) is 0.475. The Kier molecular flexibility index (Phi) is 4.10. The van der Waals surface area contributed by atoms with Crippen LogP contribution in [0.5, 0.6) is 0 Å². The molecule has 0 radical (unpaired) electrons. The van der Waals surface area contributed by atoms with E-state index >= 15 is 0 Å². The van der Waals surface area contributed by atoms with Crippen LogP contribution in [-0.2, 0) is 9.84 Å². The summed E-state index contributed by atoms with van der Waals surface area (Å²) in [6.07, 6.45) is 1.45. The van der Waals surface area contributed by atoms with Crippen LogP contribution in [0.25, 0.3) is 16.6 Å². The van der Waals surface area contributed by atoms with Crippen LogP contribution in [0.4, 0.5) is 5.69 Å². The van der Waals surface area contributed by atoms with Crippen molar-refractivity contribution in [1.29, 1.82) is 0 Å². The molecule has 10 heteroatoms. The lowest BCUT2D eigenvalue weighted by Gasteiger charge is -2.58. The van der Waals surface area contributed by atoms with E-state index < -0.39 is 15.4 Å². The average Bonchev–Trinajstić information content (AvgIpc) is 3.14. The van der Waals surface area contributed by atoms with E-state index in [-0.39, 0.29) is 27.1 Å². The highest BCUT2D eigenvalue weighted by atomic mass is 32.2. The van der Waals surface area contributed by atoms with Crippen LogP contribution in [0, 0.1) is 19.3 Å². The van der Waals surface area contributed by atoms with E-state index in [1.165, 1.54) is 4.52 Å². The standard InChI is InChI=1S/C23H23N5O4S/c1-13-3-6-19(14(2)7-13)33(31,32)22-20-24-21(30)17-5-4-15(8-18(17)28(20)26-25-22)27-11-23(12-27)9-16(29)10-23/h3-8,16,26,29H,9-12H2,1-2H3. The second-order valence-electron chi connectivity index (χ2n) is 9.48. The smallest absolute Gasteiger partial charge is 0.281 e. The van der Waals surface area contributed by atoms with Crippen molar-refractivity contribution >= 4 is 32.1 Å². The van der Waals surface area contributed by atoms with Crippen LogP contribution in [0.3, 0.4) is 0 Å². The van der Waals surface area contributed by atoms with E-state index in [0.717, 1.165) is 37.2 Å². The zero-order chi connectivity index (χ0) is 23.1. The molecule has 2 fully saturated rings. The molecular formula is C23H23N5O4S. The number of sulfone groups is 1. The Morgan fingerprint density at radius 2 is 1.88 bits per heavy atom. The molecule has 1 spiro atoms. The third-order valence-electron chi connectivity index (χ3n) is 6.94. The Bertz CT molecular complexity index is 1610. The van der Waals surface area contributed by atoms with Crippen LogP contribution in [0.1, 0.15) is 24.0 Å². The number of aliphatic hydroxyl groups is 1. The van der Waals surface area contributed by atoms with Crippen LogP contribution in [0.2, 0.25) is 0 Å². The third kappa shape index (κ3) is 2.94. The lowest BCUT2D eigenvalue weighted by Crippen LogP contribution is -2.63. The van der Waals surface area contributed by atoms with Gasteiger partial charge in [-0.1, -0.05) is 17.7 Å². The van der Waals surface area contributed by atoms with Crippen LogP contribution in [0.15, 0.2) is 51.1 Å². The van der Waals surface area contributed by atoms with Crippen LogP contribution >= 0.6 is 0 Å². The first-order valence-electron chi connectivity index (χ1n) is 10.8. The van der Waals surface area contributed by atoms with Gasteiger partial charge in [-0.2, -0.15) is 4.98 Å². The predicted molar refractivity (Wildman–Crippen MR) is 122 cm³/mol. The molecule has 4 aromatic rings. The molecule has 3 heterocycles. The Balaban J connectivity index is 1.46. The summed E-state index contributed by atoms with van der Waals surface area (Å²) in [7, 11) is -3.99. The molecule has 0 bridgehead atoms. The molecule has 1 aliphatic carbocycles. The fraction of sp³-hybridized carbons (Fsp3) is 0.348. The first-order valence-corrected chi connectivity index (χ1v) is 12.3. The van der Waals surface area contributed by atoms with Crippen molar-refractivity contribution in [2.45, 2.75) is 42.7 Å². The van der Waals surface area contributed by atoms with Gasteiger partial charge in [0.25, 0.3) is 5.56 Å². The largest absolute Gasteiger partial charge is 0.393 e. The number of hydrogen-bond acceptors (Lipinski definition) is 7. The van der Waals surface area contributed by atoms with Crippen molar-refractivity contribution in [2.75, 3.05) is 18.0 Å². The maximum atomic E-state index is 13.4. The number of aromatic nitrogens is 4. The zero-order valence-electron chi connectivity index (χ0n) is 18.2. The summed E-state index contributed by atoms with van der Waals surface area (Å²) in [6, 6.07) is 10.5. The second kappa shape index (κ2) is 6.64. The fourth-order valence-corrected chi connectivity index (χ4v) is 6.80. The van der Waals surface area contributed by atoms with E-state index in [4.69, 9.17) is 0 Å². The summed E-state index contributed by atoms with van der Waals surface area (Å²) in [6.45, 7) is 5.34.